The van der Waals surface area contributed by atoms with E-state index in [1.54, 1.807) is 31.4 Å². The number of benzene rings is 1. The first-order valence-electron chi connectivity index (χ1n) is 8.31. The van der Waals surface area contributed by atoms with E-state index in [9.17, 15) is 14.7 Å². The number of ether oxygens (including phenoxy) is 2. The molecule has 0 radical (unpaired) electrons. The van der Waals surface area contributed by atoms with Crippen LogP contribution in [0.5, 0.6) is 5.75 Å². The van der Waals surface area contributed by atoms with E-state index in [2.05, 4.69) is 5.32 Å². The first-order valence-corrected chi connectivity index (χ1v) is 8.31. The molecule has 0 unspecified atom stereocenters. The zero-order valence-corrected chi connectivity index (χ0v) is 14.0. The smallest absolute Gasteiger partial charge is 0.311 e. The maximum atomic E-state index is 12.4. The summed E-state index contributed by atoms with van der Waals surface area (Å²) in [5, 5.41) is 12.3. The Morgan fingerprint density at radius 3 is 2.62 bits per heavy atom. The van der Waals surface area contributed by atoms with Crippen molar-refractivity contribution in [3.05, 3.63) is 29.8 Å². The fourth-order valence-corrected chi connectivity index (χ4v) is 3.02. The molecule has 2 N–H and O–H groups in total. The highest BCUT2D eigenvalue weighted by Crippen LogP contribution is 2.36. The summed E-state index contributed by atoms with van der Waals surface area (Å²) in [6, 6.07) is 6.85. The van der Waals surface area contributed by atoms with Crippen LogP contribution in [-0.4, -0.2) is 43.9 Å². The molecule has 1 fully saturated rings. The second-order valence-corrected chi connectivity index (χ2v) is 6.20. The van der Waals surface area contributed by atoms with Crippen molar-refractivity contribution in [1.29, 1.82) is 0 Å². The normalized spacial score (nSPS) is 16.4. The molecule has 1 aromatic rings. The third kappa shape index (κ3) is 4.71. The van der Waals surface area contributed by atoms with Gasteiger partial charge < -0.3 is 19.9 Å². The van der Waals surface area contributed by atoms with Crippen molar-refractivity contribution in [2.24, 2.45) is 5.41 Å². The molecule has 24 heavy (non-hydrogen) atoms. The number of carbonyl (C=O) groups is 2. The van der Waals surface area contributed by atoms with Gasteiger partial charge in [-0.15, -0.1) is 0 Å². The number of carboxylic acid groups (broad SMARTS) is 1. The van der Waals surface area contributed by atoms with Crippen LogP contribution in [0, 0.1) is 5.41 Å². The summed E-state index contributed by atoms with van der Waals surface area (Å²) in [6.07, 6.45) is 4.07. The van der Waals surface area contributed by atoms with Gasteiger partial charge in [-0.3, -0.25) is 9.59 Å². The molecule has 0 atom stereocenters. The van der Waals surface area contributed by atoms with Gasteiger partial charge in [-0.25, -0.2) is 0 Å². The number of aliphatic carboxylic acids is 1. The van der Waals surface area contributed by atoms with Gasteiger partial charge in [-0.1, -0.05) is 25.3 Å². The number of hydrogen-bond donors (Lipinski definition) is 2. The molecule has 0 spiro atoms. The molecular weight excluding hydrogens is 310 g/mol. The summed E-state index contributed by atoms with van der Waals surface area (Å²) in [6.45, 7) is 1.04. The Bertz CT molecular complexity index is 566. The van der Waals surface area contributed by atoms with Crippen molar-refractivity contribution < 1.29 is 24.2 Å². The molecule has 6 heteroatoms. The average molecular weight is 335 g/mol. The molecule has 2 rings (SSSR count). The molecule has 1 saturated carbocycles. The van der Waals surface area contributed by atoms with E-state index in [0.717, 1.165) is 19.3 Å². The van der Waals surface area contributed by atoms with E-state index in [0.29, 0.717) is 37.4 Å². The van der Waals surface area contributed by atoms with Crippen molar-refractivity contribution in [2.45, 2.75) is 32.1 Å². The Morgan fingerprint density at radius 2 is 1.96 bits per heavy atom. The van der Waals surface area contributed by atoms with Crippen LogP contribution in [0.15, 0.2) is 24.3 Å². The van der Waals surface area contributed by atoms with Gasteiger partial charge in [0.2, 0.25) is 0 Å². The van der Waals surface area contributed by atoms with Crippen LogP contribution in [0.25, 0.3) is 0 Å². The zero-order valence-electron chi connectivity index (χ0n) is 14.0. The third-order valence-corrected chi connectivity index (χ3v) is 4.50. The monoisotopic (exact) mass is 335 g/mol. The summed E-state index contributed by atoms with van der Waals surface area (Å²) in [5.41, 5.74) is -0.373. The Hall–Kier alpha value is -2.08. The summed E-state index contributed by atoms with van der Waals surface area (Å²) in [5.74, 6) is -0.511. The van der Waals surface area contributed by atoms with E-state index < -0.39 is 11.4 Å². The lowest BCUT2D eigenvalue weighted by atomic mass is 9.74. The lowest BCUT2D eigenvalue weighted by Gasteiger charge is -2.33. The van der Waals surface area contributed by atoms with E-state index in [-0.39, 0.29) is 12.5 Å². The van der Waals surface area contributed by atoms with Crippen LogP contribution in [-0.2, 0) is 9.53 Å². The predicted octanol–water partition coefficient (Wildman–Crippen LogP) is 2.48. The minimum atomic E-state index is -0.833. The SMILES string of the molecule is COCCOc1cccc(C(=O)NCC2(C(=O)O)CCCCC2)c1. The second-order valence-electron chi connectivity index (χ2n) is 6.20. The highest BCUT2D eigenvalue weighted by molar-refractivity contribution is 5.94. The molecule has 0 aliphatic heterocycles. The molecule has 0 aromatic heterocycles. The first kappa shape index (κ1) is 18.3. The number of amides is 1. The summed E-state index contributed by atoms with van der Waals surface area (Å²) in [4.78, 5) is 24.0. The minimum Gasteiger partial charge on any atom is -0.491 e. The molecule has 0 heterocycles. The molecule has 1 aliphatic rings. The minimum absolute atomic E-state index is 0.163. The summed E-state index contributed by atoms with van der Waals surface area (Å²) < 4.78 is 10.4. The Balaban J connectivity index is 1.96. The highest BCUT2D eigenvalue weighted by atomic mass is 16.5. The number of carbonyl (C=O) groups excluding carboxylic acids is 1. The molecule has 6 nitrogen and oxygen atoms in total. The lowest BCUT2D eigenvalue weighted by Crippen LogP contribution is -2.44. The highest BCUT2D eigenvalue weighted by Gasteiger charge is 2.39. The topological polar surface area (TPSA) is 84.9 Å². The van der Waals surface area contributed by atoms with Crippen LogP contribution in [0.4, 0.5) is 0 Å². The fourth-order valence-electron chi connectivity index (χ4n) is 3.02. The number of nitrogens with one attached hydrogen (secondary N) is 1. The number of carboxylic acids is 1. The van der Waals surface area contributed by atoms with E-state index in [1.807, 2.05) is 0 Å². The van der Waals surface area contributed by atoms with Gasteiger partial charge in [0.05, 0.1) is 12.0 Å². The van der Waals surface area contributed by atoms with Crippen molar-refractivity contribution in [1.82, 2.24) is 5.32 Å². The van der Waals surface area contributed by atoms with Gasteiger partial charge in [0, 0.05) is 19.2 Å². The molecule has 1 amide bonds. The van der Waals surface area contributed by atoms with Crippen LogP contribution in [0.2, 0.25) is 0 Å². The van der Waals surface area contributed by atoms with Crippen molar-refractivity contribution >= 4 is 11.9 Å². The largest absolute Gasteiger partial charge is 0.491 e. The molecule has 0 bridgehead atoms. The molecular formula is C18H25NO5. The van der Waals surface area contributed by atoms with Crippen LogP contribution in [0.1, 0.15) is 42.5 Å². The van der Waals surface area contributed by atoms with Gasteiger partial charge in [-0.2, -0.15) is 0 Å². The molecule has 1 aromatic carbocycles. The maximum Gasteiger partial charge on any atom is 0.311 e. The number of hydrogen-bond acceptors (Lipinski definition) is 4. The summed E-state index contributed by atoms with van der Waals surface area (Å²) >= 11 is 0. The van der Waals surface area contributed by atoms with Crippen LogP contribution in [0.3, 0.4) is 0 Å². The van der Waals surface area contributed by atoms with E-state index in [4.69, 9.17) is 9.47 Å². The van der Waals surface area contributed by atoms with Gasteiger partial charge in [0.25, 0.3) is 5.91 Å². The summed E-state index contributed by atoms with van der Waals surface area (Å²) in [7, 11) is 1.59. The fraction of sp³-hybridized carbons (Fsp3) is 0.556. The Kier molecular flexibility index (Phi) is 6.61. The average Bonchev–Trinajstić information content (AvgIpc) is 2.61. The quantitative estimate of drug-likeness (QED) is 0.713. The molecule has 1 aliphatic carbocycles. The Morgan fingerprint density at radius 1 is 1.21 bits per heavy atom. The van der Waals surface area contributed by atoms with Gasteiger partial charge in [0.1, 0.15) is 12.4 Å². The van der Waals surface area contributed by atoms with Crippen molar-refractivity contribution in [3.63, 3.8) is 0 Å². The number of rotatable bonds is 8. The number of methoxy groups -OCH3 is 1. The zero-order chi connectivity index (χ0) is 17.4. The van der Waals surface area contributed by atoms with Gasteiger partial charge in [-0.05, 0) is 31.0 Å². The second kappa shape index (κ2) is 8.68. The van der Waals surface area contributed by atoms with Crippen molar-refractivity contribution in [2.75, 3.05) is 26.9 Å². The van der Waals surface area contributed by atoms with Crippen LogP contribution < -0.4 is 10.1 Å². The lowest BCUT2D eigenvalue weighted by molar-refractivity contribution is -0.150. The standard InChI is InChI=1S/C18H25NO5/c1-23-10-11-24-15-7-5-6-14(12-15)16(20)19-13-18(17(21)22)8-3-2-4-9-18/h5-7,12H,2-4,8-11,13H2,1H3,(H,19,20)(H,21,22). The van der Waals surface area contributed by atoms with Gasteiger partial charge >= 0.3 is 5.97 Å². The van der Waals surface area contributed by atoms with E-state index >= 15 is 0 Å². The van der Waals surface area contributed by atoms with Crippen molar-refractivity contribution in [3.8, 4) is 5.75 Å². The Labute approximate surface area is 142 Å². The first-order chi connectivity index (χ1) is 11.6. The van der Waals surface area contributed by atoms with E-state index in [1.165, 1.54) is 0 Å². The van der Waals surface area contributed by atoms with Gasteiger partial charge in [0.15, 0.2) is 0 Å². The maximum absolute atomic E-state index is 12.4. The predicted molar refractivity (Wildman–Crippen MR) is 89.3 cm³/mol. The molecule has 0 saturated heterocycles. The van der Waals surface area contributed by atoms with Crippen LogP contribution >= 0.6 is 0 Å². The molecule has 132 valence electrons. The third-order valence-electron chi connectivity index (χ3n) is 4.50.